The van der Waals surface area contributed by atoms with Gasteiger partial charge in [0.15, 0.2) is 0 Å². The quantitative estimate of drug-likeness (QED) is 0.696. The molecule has 2 saturated heterocycles. The molecule has 108 valence electrons. The molecule has 1 N–H and O–H groups in total. The summed E-state index contributed by atoms with van der Waals surface area (Å²) in [6.45, 7) is 5.96. The van der Waals surface area contributed by atoms with Crippen LogP contribution in [-0.2, 0) is 9.59 Å². The molecule has 2 aliphatic rings. The van der Waals surface area contributed by atoms with Crippen LogP contribution in [0.5, 0.6) is 0 Å². The fourth-order valence-corrected chi connectivity index (χ4v) is 2.55. The van der Waals surface area contributed by atoms with Crippen LogP contribution >= 0.6 is 0 Å². The van der Waals surface area contributed by atoms with Gasteiger partial charge in [0.05, 0.1) is 13.1 Å². The third-order valence-electron chi connectivity index (χ3n) is 3.82. The first-order valence-corrected chi connectivity index (χ1v) is 7.11. The van der Waals surface area contributed by atoms with E-state index in [1.165, 1.54) is 0 Å². The van der Waals surface area contributed by atoms with Crippen LogP contribution in [-0.4, -0.2) is 85.9 Å². The molecule has 2 fully saturated rings. The minimum atomic E-state index is 0.0448. The molecule has 6 nitrogen and oxygen atoms in total. The Morgan fingerprint density at radius 3 is 2.84 bits per heavy atom. The van der Waals surface area contributed by atoms with Crippen molar-refractivity contribution in [1.82, 2.24) is 20.0 Å². The zero-order chi connectivity index (χ0) is 13.7. The summed E-state index contributed by atoms with van der Waals surface area (Å²) in [5.41, 5.74) is 0. The molecule has 6 heteroatoms. The summed E-state index contributed by atoms with van der Waals surface area (Å²) in [6, 6.07) is 0. The fraction of sp³-hybridized carbons (Fsp3) is 0.846. The Bertz CT molecular complexity index is 327. The average molecular weight is 268 g/mol. The van der Waals surface area contributed by atoms with Crippen LogP contribution in [0.25, 0.3) is 0 Å². The highest BCUT2D eigenvalue weighted by molar-refractivity contribution is 5.86. The van der Waals surface area contributed by atoms with Crippen LogP contribution in [0.2, 0.25) is 0 Å². The van der Waals surface area contributed by atoms with Gasteiger partial charge in [-0.2, -0.15) is 0 Å². The lowest BCUT2D eigenvalue weighted by Crippen LogP contribution is -2.44. The number of hydrogen-bond donors (Lipinski definition) is 1. The summed E-state index contributed by atoms with van der Waals surface area (Å²) < 4.78 is 0. The van der Waals surface area contributed by atoms with Crippen molar-refractivity contribution in [3.8, 4) is 0 Å². The first-order chi connectivity index (χ1) is 9.16. The Morgan fingerprint density at radius 1 is 1.16 bits per heavy atom. The molecule has 2 amide bonds. The van der Waals surface area contributed by atoms with E-state index in [-0.39, 0.29) is 18.4 Å². The van der Waals surface area contributed by atoms with Gasteiger partial charge in [0, 0.05) is 33.2 Å². The van der Waals surface area contributed by atoms with E-state index in [1.54, 1.807) is 16.8 Å². The molecule has 0 radical (unpaired) electrons. The summed E-state index contributed by atoms with van der Waals surface area (Å²) in [6.07, 6.45) is 1.95. The maximum Gasteiger partial charge on any atom is 0.241 e. The van der Waals surface area contributed by atoms with Gasteiger partial charge < -0.3 is 15.1 Å². The Labute approximate surface area is 114 Å². The monoisotopic (exact) mass is 268 g/mol. The zero-order valence-corrected chi connectivity index (χ0v) is 11.7. The largest absolute Gasteiger partial charge is 0.344 e. The Hall–Kier alpha value is -1.14. The van der Waals surface area contributed by atoms with Crippen molar-refractivity contribution in [3.05, 3.63) is 0 Å². The van der Waals surface area contributed by atoms with Crippen molar-refractivity contribution in [2.45, 2.75) is 12.8 Å². The van der Waals surface area contributed by atoms with Crippen molar-refractivity contribution in [3.63, 3.8) is 0 Å². The summed E-state index contributed by atoms with van der Waals surface area (Å²) in [5.74, 6) is 0.133. The third kappa shape index (κ3) is 4.18. The van der Waals surface area contributed by atoms with Crippen LogP contribution in [0.4, 0.5) is 0 Å². The molecule has 0 saturated carbocycles. The molecule has 19 heavy (non-hydrogen) atoms. The molecule has 0 aromatic carbocycles. The summed E-state index contributed by atoms with van der Waals surface area (Å²) >= 11 is 0. The van der Waals surface area contributed by atoms with Gasteiger partial charge in [0.1, 0.15) is 0 Å². The number of hydrogen-bond acceptors (Lipinski definition) is 4. The highest BCUT2D eigenvalue weighted by Crippen LogP contribution is 2.04. The topological polar surface area (TPSA) is 55.9 Å². The number of nitrogens with one attached hydrogen (secondary N) is 1. The summed E-state index contributed by atoms with van der Waals surface area (Å²) in [5, 5.41) is 3.33. The number of likely N-dealkylation sites (N-methyl/N-ethyl adjacent to an activating group) is 1. The molecular formula is C13H24N4O2. The van der Waals surface area contributed by atoms with Crippen molar-refractivity contribution in [1.29, 1.82) is 0 Å². The van der Waals surface area contributed by atoms with E-state index < -0.39 is 0 Å². The summed E-state index contributed by atoms with van der Waals surface area (Å²) in [4.78, 5) is 29.7. The third-order valence-corrected chi connectivity index (χ3v) is 3.82. The second-order valence-corrected chi connectivity index (χ2v) is 5.36. The van der Waals surface area contributed by atoms with E-state index >= 15 is 0 Å². The molecule has 0 spiro atoms. The molecule has 0 aliphatic carbocycles. The number of carbonyl (C=O) groups is 2. The van der Waals surface area contributed by atoms with E-state index in [0.717, 1.165) is 45.6 Å². The lowest BCUT2D eigenvalue weighted by Gasteiger charge is -2.24. The maximum atomic E-state index is 12.3. The van der Waals surface area contributed by atoms with Gasteiger partial charge in [-0.3, -0.25) is 14.5 Å². The maximum absolute atomic E-state index is 12.3. The van der Waals surface area contributed by atoms with Gasteiger partial charge >= 0.3 is 0 Å². The van der Waals surface area contributed by atoms with Gasteiger partial charge in [0.25, 0.3) is 0 Å². The van der Waals surface area contributed by atoms with E-state index in [2.05, 4.69) is 10.2 Å². The highest BCUT2D eigenvalue weighted by Gasteiger charge is 2.24. The van der Waals surface area contributed by atoms with Gasteiger partial charge in [-0.05, 0) is 25.9 Å². The molecule has 0 unspecified atom stereocenters. The first kappa shape index (κ1) is 14.3. The van der Waals surface area contributed by atoms with Crippen molar-refractivity contribution >= 4 is 11.8 Å². The van der Waals surface area contributed by atoms with Crippen molar-refractivity contribution < 1.29 is 9.59 Å². The standard InChI is InChI=1S/C13H24N4O2/c1-15-6-3-8-17(11-12(15)18)13(19)10-16-7-2-4-14-5-9-16/h14H,2-11H2,1H3. The minimum Gasteiger partial charge on any atom is -0.344 e. The number of nitrogens with zero attached hydrogens (tertiary/aromatic N) is 3. The minimum absolute atomic E-state index is 0.0448. The van der Waals surface area contributed by atoms with Crippen LogP contribution in [0.3, 0.4) is 0 Å². The predicted octanol–water partition coefficient (Wildman–Crippen LogP) is -1.03. The molecular weight excluding hydrogens is 244 g/mol. The Morgan fingerprint density at radius 2 is 2.00 bits per heavy atom. The normalized spacial score (nSPS) is 23.1. The van der Waals surface area contributed by atoms with Crippen molar-refractivity contribution in [2.75, 3.05) is 59.4 Å². The second-order valence-electron chi connectivity index (χ2n) is 5.36. The van der Waals surface area contributed by atoms with Gasteiger partial charge in [-0.15, -0.1) is 0 Å². The van der Waals surface area contributed by atoms with Crippen LogP contribution < -0.4 is 5.32 Å². The van der Waals surface area contributed by atoms with Gasteiger partial charge in [0.2, 0.25) is 11.8 Å². The van der Waals surface area contributed by atoms with E-state index in [0.29, 0.717) is 13.1 Å². The molecule has 2 aliphatic heterocycles. The fourth-order valence-electron chi connectivity index (χ4n) is 2.55. The number of amides is 2. The first-order valence-electron chi connectivity index (χ1n) is 7.11. The molecule has 2 heterocycles. The van der Waals surface area contributed by atoms with Crippen LogP contribution in [0.15, 0.2) is 0 Å². The van der Waals surface area contributed by atoms with Crippen LogP contribution in [0.1, 0.15) is 12.8 Å². The van der Waals surface area contributed by atoms with E-state index in [1.807, 2.05) is 0 Å². The lowest BCUT2D eigenvalue weighted by molar-refractivity contribution is -0.138. The Balaban J connectivity index is 1.86. The molecule has 0 atom stereocenters. The summed E-state index contributed by atoms with van der Waals surface area (Å²) in [7, 11) is 1.80. The van der Waals surface area contributed by atoms with E-state index in [9.17, 15) is 9.59 Å². The number of rotatable bonds is 2. The molecule has 0 aromatic rings. The van der Waals surface area contributed by atoms with Gasteiger partial charge in [-0.25, -0.2) is 0 Å². The molecule has 2 rings (SSSR count). The van der Waals surface area contributed by atoms with E-state index in [4.69, 9.17) is 0 Å². The van der Waals surface area contributed by atoms with Crippen LogP contribution in [0, 0.1) is 0 Å². The highest BCUT2D eigenvalue weighted by atomic mass is 16.2. The van der Waals surface area contributed by atoms with Crippen molar-refractivity contribution in [2.24, 2.45) is 0 Å². The Kier molecular flexibility index (Phi) is 5.15. The number of carbonyl (C=O) groups excluding carboxylic acids is 2. The second kappa shape index (κ2) is 6.86. The molecule has 0 aromatic heterocycles. The predicted molar refractivity (Wildman–Crippen MR) is 72.8 cm³/mol. The van der Waals surface area contributed by atoms with Gasteiger partial charge in [-0.1, -0.05) is 0 Å². The SMILES string of the molecule is CN1CCCN(C(=O)CN2CCCNCC2)CC1=O. The smallest absolute Gasteiger partial charge is 0.241 e. The lowest BCUT2D eigenvalue weighted by atomic mass is 10.3. The molecule has 0 bridgehead atoms. The zero-order valence-electron chi connectivity index (χ0n) is 11.7. The average Bonchev–Trinajstić information content (AvgIpc) is 2.72.